The van der Waals surface area contributed by atoms with Crippen molar-refractivity contribution >= 4 is 17.6 Å². The van der Waals surface area contributed by atoms with Gasteiger partial charge in [-0.05, 0) is 18.9 Å². The van der Waals surface area contributed by atoms with Crippen molar-refractivity contribution in [3.63, 3.8) is 0 Å². The topological polar surface area (TPSA) is 94.6 Å². The third kappa shape index (κ3) is 3.62. The molecule has 0 bridgehead atoms. The van der Waals surface area contributed by atoms with Crippen LogP contribution in [0.2, 0.25) is 0 Å². The minimum atomic E-state index is -0.262. The van der Waals surface area contributed by atoms with Gasteiger partial charge in [-0.2, -0.15) is 0 Å². The SMILES string of the molecule is COC(=O)C1CCN(C(=O)Cn2cc(N)ccc2=O)CC1. The monoisotopic (exact) mass is 293 g/mol. The molecule has 0 saturated carbocycles. The number of nitrogens with zero attached hydrogens (tertiary/aromatic N) is 2. The van der Waals surface area contributed by atoms with Crippen LogP contribution in [0.15, 0.2) is 23.1 Å². The molecule has 1 aliphatic rings. The van der Waals surface area contributed by atoms with E-state index >= 15 is 0 Å². The molecule has 0 spiro atoms. The number of pyridine rings is 1. The number of carbonyl (C=O) groups excluding carboxylic acids is 2. The smallest absolute Gasteiger partial charge is 0.308 e. The number of rotatable bonds is 3. The molecule has 0 unspecified atom stereocenters. The Morgan fingerprint density at radius 3 is 2.62 bits per heavy atom. The number of nitrogens with two attached hydrogens (primary N) is 1. The maximum Gasteiger partial charge on any atom is 0.308 e. The quantitative estimate of drug-likeness (QED) is 0.782. The van der Waals surface area contributed by atoms with E-state index in [1.54, 1.807) is 4.90 Å². The number of hydrogen-bond donors (Lipinski definition) is 1. The van der Waals surface area contributed by atoms with Crippen LogP contribution in [0.4, 0.5) is 5.69 Å². The summed E-state index contributed by atoms with van der Waals surface area (Å²) in [5.74, 6) is -0.519. The predicted octanol–water partition coefficient (Wildman–Crippen LogP) is -0.158. The van der Waals surface area contributed by atoms with Gasteiger partial charge in [0.1, 0.15) is 6.54 Å². The lowest BCUT2D eigenvalue weighted by atomic mass is 9.97. The molecular weight excluding hydrogens is 274 g/mol. The van der Waals surface area contributed by atoms with Gasteiger partial charge in [0.2, 0.25) is 5.91 Å². The van der Waals surface area contributed by atoms with E-state index in [1.807, 2.05) is 0 Å². The summed E-state index contributed by atoms with van der Waals surface area (Å²) in [5.41, 5.74) is 5.79. The molecule has 114 valence electrons. The Balaban J connectivity index is 1.95. The van der Waals surface area contributed by atoms with Crippen molar-refractivity contribution in [2.45, 2.75) is 19.4 Å². The molecule has 21 heavy (non-hydrogen) atoms. The fourth-order valence-electron chi connectivity index (χ4n) is 2.45. The van der Waals surface area contributed by atoms with Gasteiger partial charge in [0.05, 0.1) is 13.0 Å². The fourth-order valence-corrected chi connectivity index (χ4v) is 2.45. The summed E-state index contributed by atoms with van der Waals surface area (Å²) in [5, 5.41) is 0. The molecule has 7 nitrogen and oxygen atoms in total. The van der Waals surface area contributed by atoms with Crippen LogP contribution in [-0.2, 0) is 20.9 Å². The van der Waals surface area contributed by atoms with Gasteiger partial charge in [0.25, 0.3) is 5.56 Å². The molecule has 0 radical (unpaired) electrons. The molecule has 2 heterocycles. The van der Waals surface area contributed by atoms with E-state index in [0.29, 0.717) is 31.6 Å². The highest BCUT2D eigenvalue weighted by Crippen LogP contribution is 2.18. The van der Waals surface area contributed by atoms with E-state index in [-0.39, 0.29) is 29.9 Å². The van der Waals surface area contributed by atoms with Gasteiger partial charge in [-0.3, -0.25) is 14.4 Å². The first-order valence-electron chi connectivity index (χ1n) is 6.83. The second kappa shape index (κ2) is 6.43. The first-order chi connectivity index (χ1) is 10.0. The van der Waals surface area contributed by atoms with Crippen LogP contribution in [0.3, 0.4) is 0 Å². The maximum absolute atomic E-state index is 12.2. The number of ether oxygens (including phenoxy) is 1. The molecule has 1 aromatic rings. The lowest BCUT2D eigenvalue weighted by molar-refractivity contribution is -0.149. The predicted molar refractivity (Wildman–Crippen MR) is 76.4 cm³/mol. The molecule has 1 fully saturated rings. The molecule has 7 heteroatoms. The maximum atomic E-state index is 12.2. The van der Waals surface area contributed by atoms with Crippen molar-refractivity contribution < 1.29 is 14.3 Å². The molecule has 0 aromatic carbocycles. The van der Waals surface area contributed by atoms with E-state index in [0.717, 1.165) is 0 Å². The zero-order valence-corrected chi connectivity index (χ0v) is 11.9. The first-order valence-corrected chi connectivity index (χ1v) is 6.83. The van der Waals surface area contributed by atoms with Crippen LogP contribution in [0.25, 0.3) is 0 Å². The van der Waals surface area contributed by atoms with Gasteiger partial charge in [-0.15, -0.1) is 0 Å². The molecule has 2 N–H and O–H groups in total. The van der Waals surface area contributed by atoms with Crippen molar-refractivity contribution in [2.75, 3.05) is 25.9 Å². The molecule has 0 atom stereocenters. The number of amides is 1. The standard InChI is InChI=1S/C14H19N3O4/c1-21-14(20)10-4-6-16(7-5-10)13(19)9-17-8-11(15)2-3-12(17)18/h2-3,8,10H,4-7,9,15H2,1H3. The largest absolute Gasteiger partial charge is 0.469 e. The van der Waals surface area contributed by atoms with Crippen molar-refractivity contribution in [1.82, 2.24) is 9.47 Å². The van der Waals surface area contributed by atoms with Gasteiger partial charge >= 0.3 is 5.97 Å². The second-order valence-electron chi connectivity index (χ2n) is 5.11. The van der Waals surface area contributed by atoms with E-state index < -0.39 is 0 Å². The van der Waals surface area contributed by atoms with E-state index in [9.17, 15) is 14.4 Å². The Kier molecular flexibility index (Phi) is 4.62. The second-order valence-corrected chi connectivity index (χ2v) is 5.11. The number of hydrogen-bond acceptors (Lipinski definition) is 5. The highest BCUT2D eigenvalue weighted by molar-refractivity contribution is 5.77. The summed E-state index contributed by atoms with van der Waals surface area (Å²) >= 11 is 0. The van der Waals surface area contributed by atoms with E-state index in [1.165, 1.54) is 30.0 Å². The van der Waals surface area contributed by atoms with Gasteiger partial charge in [-0.25, -0.2) is 0 Å². The Hall–Kier alpha value is -2.31. The first kappa shape index (κ1) is 15.1. The van der Waals surface area contributed by atoms with Crippen LogP contribution >= 0.6 is 0 Å². The molecule has 1 aliphatic heterocycles. The summed E-state index contributed by atoms with van der Waals surface area (Å²) in [6.45, 7) is 0.956. The van der Waals surface area contributed by atoms with Gasteiger partial charge in [0.15, 0.2) is 0 Å². The number of nitrogen functional groups attached to an aromatic ring is 1. The number of aromatic nitrogens is 1. The van der Waals surface area contributed by atoms with Crippen LogP contribution < -0.4 is 11.3 Å². The van der Waals surface area contributed by atoms with Crippen molar-refractivity contribution in [3.05, 3.63) is 28.7 Å². The van der Waals surface area contributed by atoms with Crippen LogP contribution in [0, 0.1) is 5.92 Å². The van der Waals surface area contributed by atoms with Gasteiger partial charge in [0, 0.05) is 31.0 Å². The van der Waals surface area contributed by atoms with Crippen molar-refractivity contribution in [2.24, 2.45) is 5.92 Å². The summed E-state index contributed by atoms with van der Waals surface area (Å²) < 4.78 is 6.00. The normalized spacial score (nSPS) is 15.8. The average Bonchev–Trinajstić information content (AvgIpc) is 2.50. The van der Waals surface area contributed by atoms with Gasteiger partial charge < -0.3 is 19.9 Å². The lowest BCUT2D eigenvalue weighted by Crippen LogP contribution is -2.43. The van der Waals surface area contributed by atoms with Gasteiger partial charge in [-0.1, -0.05) is 0 Å². The number of methoxy groups -OCH3 is 1. The molecule has 2 rings (SSSR count). The highest BCUT2D eigenvalue weighted by Gasteiger charge is 2.27. The Bertz CT molecular complexity index is 588. The molecule has 1 aromatic heterocycles. The Labute approximate surface area is 122 Å². The fraction of sp³-hybridized carbons (Fsp3) is 0.500. The zero-order valence-electron chi connectivity index (χ0n) is 11.9. The number of carbonyl (C=O) groups is 2. The van der Waals surface area contributed by atoms with Crippen LogP contribution in [0.5, 0.6) is 0 Å². The lowest BCUT2D eigenvalue weighted by Gasteiger charge is -2.30. The van der Waals surface area contributed by atoms with E-state index in [2.05, 4.69) is 0 Å². The average molecular weight is 293 g/mol. The molecule has 0 aliphatic carbocycles. The number of anilines is 1. The third-order valence-corrected chi connectivity index (χ3v) is 3.69. The summed E-state index contributed by atoms with van der Waals surface area (Å²) in [6, 6.07) is 2.84. The minimum absolute atomic E-state index is 0.0350. The number of likely N-dealkylation sites (tertiary alicyclic amines) is 1. The zero-order chi connectivity index (χ0) is 15.4. The number of piperidine rings is 1. The summed E-state index contributed by atoms with van der Waals surface area (Å²) in [4.78, 5) is 36.9. The summed E-state index contributed by atoms with van der Waals surface area (Å²) in [7, 11) is 1.37. The van der Waals surface area contributed by atoms with Crippen molar-refractivity contribution in [1.29, 1.82) is 0 Å². The molecule has 1 amide bonds. The van der Waals surface area contributed by atoms with Crippen LogP contribution in [-0.4, -0.2) is 41.5 Å². The summed E-state index contributed by atoms with van der Waals surface area (Å²) in [6.07, 6.45) is 2.63. The Morgan fingerprint density at radius 1 is 1.33 bits per heavy atom. The highest BCUT2D eigenvalue weighted by atomic mass is 16.5. The van der Waals surface area contributed by atoms with Crippen molar-refractivity contribution in [3.8, 4) is 0 Å². The molecular formula is C14H19N3O4. The number of esters is 1. The van der Waals surface area contributed by atoms with Crippen LogP contribution in [0.1, 0.15) is 12.8 Å². The minimum Gasteiger partial charge on any atom is -0.469 e. The van der Waals surface area contributed by atoms with E-state index in [4.69, 9.17) is 10.5 Å². The Morgan fingerprint density at radius 2 is 2.00 bits per heavy atom. The molecule has 1 saturated heterocycles. The third-order valence-electron chi connectivity index (χ3n) is 3.69.